The molecule has 0 atom stereocenters. The molecule has 3 aromatic rings. The molecule has 0 aliphatic rings. The first-order valence-corrected chi connectivity index (χ1v) is 10.8. The van der Waals surface area contributed by atoms with Gasteiger partial charge in [-0.1, -0.05) is 11.6 Å². The Morgan fingerprint density at radius 1 is 0.833 bits per heavy atom. The zero-order valence-corrected chi connectivity index (χ0v) is 20.0. The molecule has 0 aliphatic heterocycles. The molecule has 0 aliphatic carbocycles. The van der Waals surface area contributed by atoms with E-state index < -0.39 is 23.7 Å². The highest BCUT2D eigenvalue weighted by Crippen LogP contribution is 2.29. The molecule has 0 saturated carbocycles. The number of halogens is 1. The van der Waals surface area contributed by atoms with Gasteiger partial charge in [-0.25, -0.2) is 10.2 Å². The molecule has 10 nitrogen and oxygen atoms in total. The van der Waals surface area contributed by atoms with Crippen LogP contribution in [-0.4, -0.2) is 36.5 Å². The lowest BCUT2D eigenvalue weighted by Gasteiger charge is -2.11. The Morgan fingerprint density at radius 3 is 2.06 bits per heavy atom. The average Bonchev–Trinajstić information content (AvgIpc) is 2.87. The summed E-state index contributed by atoms with van der Waals surface area (Å²) in [5, 5.41) is 6.81. The summed E-state index contributed by atoms with van der Waals surface area (Å²) >= 11 is 5.84. The van der Waals surface area contributed by atoms with Crippen LogP contribution in [0, 0.1) is 0 Å². The van der Waals surface area contributed by atoms with E-state index in [9.17, 15) is 19.2 Å². The Kier molecular flexibility index (Phi) is 8.37. The van der Waals surface area contributed by atoms with Crippen molar-refractivity contribution in [1.29, 1.82) is 0 Å². The zero-order valence-electron chi connectivity index (χ0n) is 19.2. The topological polar surface area (TPSA) is 149 Å². The van der Waals surface area contributed by atoms with E-state index in [1.807, 2.05) is 0 Å². The summed E-state index contributed by atoms with van der Waals surface area (Å²) in [5.41, 5.74) is 9.11. The van der Waals surface area contributed by atoms with Crippen molar-refractivity contribution in [3.05, 3.63) is 88.4 Å². The number of hydrazone groups is 1. The van der Waals surface area contributed by atoms with Crippen LogP contribution in [0.5, 0.6) is 11.5 Å². The molecule has 184 valence electrons. The Hall–Kier alpha value is -4.70. The fraction of sp³-hybridized carbons (Fsp3) is 0.0800. The smallest absolute Gasteiger partial charge is 0.343 e. The first-order chi connectivity index (χ1) is 17.2. The van der Waals surface area contributed by atoms with E-state index in [0.29, 0.717) is 27.5 Å². The minimum Gasteiger partial charge on any atom is -0.493 e. The van der Waals surface area contributed by atoms with Gasteiger partial charge in [0.2, 0.25) is 5.91 Å². The Balaban J connectivity index is 1.64. The Morgan fingerprint density at radius 2 is 1.44 bits per heavy atom. The number of hydrogen-bond donors (Lipinski definition) is 3. The van der Waals surface area contributed by atoms with Gasteiger partial charge in [-0.3, -0.25) is 14.4 Å². The minimum atomic E-state index is -1.01. The van der Waals surface area contributed by atoms with Gasteiger partial charge in [0.15, 0.2) is 11.5 Å². The second-order valence-corrected chi connectivity index (χ2v) is 7.73. The monoisotopic (exact) mass is 508 g/mol. The molecule has 36 heavy (non-hydrogen) atoms. The number of benzene rings is 3. The SMILES string of the molecule is COc1cc(C(C)=NNC(=O)C(=O)Nc2ccc(C(N)=O)cc2)ccc1OC(=O)c1ccc(Cl)cc1. The maximum Gasteiger partial charge on any atom is 0.343 e. The van der Waals surface area contributed by atoms with Crippen molar-refractivity contribution in [3.63, 3.8) is 0 Å². The van der Waals surface area contributed by atoms with Crippen molar-refractivity contribution >= 4 is 46.7 Å². The van der Waals surface area contributed by atoms with Gasteiger partial charge in [-0.05, 0) is 73.7 Å². The first kappa shape index (κ1) is 25.9. The van der Waals surface area contributed by atoms with Crippen molar-refractivity contribution < 1.29 is 28.7 Å². The number of nitrogens with zero attached hydrogens (tertiary/aromatic N) is 1. The number of ether oxygens (including phenoxy) is 2. The normalized spacial score (nSPS) is 10.8. The third-order valence-electron chi connectivity index (χ3n) is 4.82. The van der Waals surface area contributed by atoms with Gasteiger partial charge in [-0.15, -0.1) is 0 Å². The number of nitrogens with two attached hydrogens (primary N) is 1. The largest absolute Gasteiger partial charge is 0.493 e. The van der Waals surface area contributed by atoms with Crippen LogP contribution in [0.4, 0.5) is 5.69 Å². The maximum atomic E-state index is 12.4. The lowest BCUT2D eigenvalue weighted by atomic mass is 10.1. The van der Waals surface area contributed by atoms with Gasteiger partial charge in [0.1, 0.15) is 0 Å². The number of hydrogen-bond acceptors (Lipinski definition) is 7. The molecule has 0 heterocycles. The molecule has 0 saturated heterocycles. The van der Waals surface area contributed by atoms with E-state index >= 15 is 0 Å². The fourth-order valence-corrected chi connectivity index (χ4v) is 3.00. The third kappa shape index (κ3) is 6.67. The summed E-state index contributed by atoms with van der Waals surface area (Å²) in [6, 6.07) is 16.6. The molecule has 0 radical (unpaired) electrons. The van der Waals surface area contributed by atoms with E-state index in [1.54, 1.807) is 31.2 Å². The number of amides is 3. The summed E-state index contributed by atoms with van der Waals surface area (Å²) in [5.74, 6) is -2.73. The number of esters is 1. The van der Waals surface area contributed by atoms with Crippen molar-refractivity contribution in [2.75, 3.05) is 12.4 Å². The van der Waals surface area contributed by atoms with E-state index in [-0.39, 0.29) is 17.1 Å². The molecule has 3 rings (SSSR count). The molecule has 3 amide bonds. The summed E-state index contributed by atoms with van der Waals surface area (Å²) in [6.45, 7) is 1.61. The highest BCUT2D eigenvalue weighted by molar-refractivity contribution is 6.39. The number of carbonyl (C=O) groups excluding carboxylic acids is 4. The molecule has 0 fully saturated rings. The van der Waals surface area contributed by atoms with Crippen LogP contribution in [0.15, 0.2) is 71.8 Å². The molecule has 0 unspecified atom stereocenters. The number of nitrogens with one attached hydrogen (secondary N) is 2. The molecule has 0 spiro atoms. The third-order valence-corrected chi connectivity index (χ3v) is 5.07. The Bertz CT molecular complexity index is 1340. The second kappa shape index (κ2) is 11.6. The lowest BCUT2D eigenvalue weighted by molar-refractivity contribution is -0.136. The molecule has 3 aromatic carbocycles. The van der Waals surface area contributed by atoms with Crippen molar-refractivity contribution in [1.82, 2.24) is 5.43 Å². The predicted molar refractivity (Wildman–Crippen MR) is 133 cm³/mol. The van der Waals surface area contributed by atoms with Crippen LogP contribution in [0.3, 0.4) is 0 Å². The van der Waals surface area contributed by atoms with Crippen LogP contribution < -0.4 is 25.9 Å². The summed E-state index contributed by atoms with van der Waals surface area (Å²) in [4.78, 5) is 47.7. The quantitative estimate of drug-likeness (QED) is 0.147. The van der Waals surface area contributed by atoms with Crippen LogP contribution in [0.2, 0.25) is 5.02 Å². The van der Waals surface area contributed by atoms with Gasteiger partial charge in [0.25, 0.3) is 0 Å². The van der Waals surface area contributed by atoms with E-state index in [2.05, 4.69) is 15.8 Å². The highest BCUT2D eigenvalue weighted by atomic mass is 35.5. The van der Waals surface area contributed by atoms with Gasteiger partial charge in [-0.2, -0.15) is 5.10 Å². The van der Waals surface area contributed by atoms with Crippen LogP contribution in [0.1, 0.15) is 33.2 Å². The lowest BCUT2D eigenvalue weighted by Crippen LogP contribution is -2.33. The number of methoxy groups -OCH3 is 1. The molecule has 4 N–H and O–H groups in total. The standard InChI is InChI=1S/C25H21ClN4O6/c1-14(29-30-24(33)23(32)28-19-10-5-15(6-11-19)22(27)31)17-7-12-20(21(13-17)35-2)36-25(34)16-3-8-18(26)9-4-16/h3-13H,1-2H3,(H2,27,31)(H,28,32)(H,30,33). The van der Waals surface area contributed by atoms with Gasteiger partial charge >= 0.3 is 17.8 Å². The van der Waals surface area contributed by atoms with Gasteiger partial charge in [0.05, 0.1) is 18.4 Å². The number of anilines is 1. The Labute approximate surface area is 211 Å². The van der Waals surface area contributed by atoms with Crippen molar-refractivity contribution in [2.45, 2.75) is 6.92 Å². The van der Waals surface area contributed by atoms with Crippen LogP contribution >= 0.6 is 11.6 Å². The maximum absolute atomic E-state index is 12.4. The fourth-order valence-electron chi connectivity index (χ4n) is 2.88. The molecule has 11 heteroatoms. The predicted octanol–water partition coefficient (Wildman–Crippen LogP) is 3.15. The summed E-state index contributed by atoms with van der Waals surface area (Å²) in [7, 11) is 1.41. The molecule has 0 bridgehead atoms. The van der Waals surface area contributed by atoms with Crippen LogP contribution in [0.25, 0.3) is 0 Å². The van der Waals surface area contributed by atoms with Gasteiger partial charge < -0.3 is 20.5 Å². The average molecular weight is 509 g/mol. The molecular weight excluding hydrogens is 488 g/mol. The summed E-state index contributed by atoms with van der Waals surface area (Å²) < 4.78 is 10.7. The summed E-state index contributed by atoms with van der Waals surface area (Å²) in [6.07, 6.45) is 0. The van der Waals surface area contributed by atoms with E-state index in [0.717, 1.165) is 0 Å². The second-order valence-electron chi connectivity index (χ2n) is 7.30. The molecular formula is C25H21ClN4O6. The number of rotatable bonds is 7. The van der Waals surface area contributed by atoms with Gasteiger partial charge in [0, 0.05) is 21.8 Å². The molecule has 0 aromatic heterocycles. The van der Waals surface area contributed by atoms with E-state index in [4.69, 9.17) is 26.8 Å². The minimum absolute atomic E-state index is 0.180. The van der Waals surface area contributed by atoms with Crippen LogP contribution in [-0.2, 0) is 9.59 Å². The first-order valence-electron chi connectivity index (χ1n) is 10.4. The van der Waals surface area contributed by atoms with E-state index in [1.165, 1.54) is 49.6 Å². The van der Waals surface area contributed by atoms with Crippen molar-refractivity contribution in [2.24, 2.45) is 10.8 Å². The zero-order chi connectivity index (χ0) is 26.2. The number of primary amides is 1. The number of carbonyl (C=O) groups is 4. The van der Waals surface area contributed by atoms with Crippen molar-refractivity contribution in [3.8, 4) is 11.5 Å². The highest BCUT2D eigenvalue weighted by Gasteiger charge is 2.16.